The molecule has 2 atom stereocenters. The number of nitrogens with two attached hydrogens (primary N) is 1. The Balaban J connectivity index is 1.71. The summed E-state index contributed by atoms with van der Waals surface area (Å²) in [7, 11) is 0. The first kappa shape index (κ1) is 11.4. The van der Waals surface area contributed by atoms with Gasteiger partial charge >= 0.3 is 0 Å². The summed E-state index contributed by atoms with van der Waals surface area (Å²) in [5.74, 6) is 0. The highest BCUT2D eigenvalue weighted by Gasteiger charge is 2.24. The lowest BCUT2D eigenvalue weighted by molar-refractivity contribution is 0.112. The van der Waals surface area contributed by atoms with Crippen LogP contribution in [0.1, 0.15) is 51.4 Å². The molecule has 2 rings (SSSR count). The van der Waals surface area contributed by atoms with Crippen molar-refractivity contribution in [3.05, 3.63) is 0 Å². The monoisotopic (exact) mass is 212 g/mol. The molecule has 0 spiro atoms. The summed E-state index contributed by atoms with van der Waals surface area (Å²) in [5.41, 5.74) is 5.97. The summed E-state index contributed by atoms with van der Waals surface area (Å²) in [4.78, 5) is 0. The molecule has 0 radical (unpaired) electrons. The molecular weight excluding hydrogens is 188 g/mol. The van der Waals surface area contributed by atoms with Gasteiger partial charge < -0.3 is 16.2 Å². The molecule has 0 heterocycles. The second-order valence-corrected chi connectivity index (χ2v) is 5.30. The Morgan fingerprint density at radius 3 is 2.33 bits per heavy atom. The maximum Gasteiger partial charge on any atom is 0.0541 e. The van der Waals surface area contributed by atoms with Crippen LogP contribution in [0.5, 0.6) is 0 Å². The van der Waals surface area contributed by atoms with Gasteiger partial charge in [0.2, 0.25) is 0 Å². The zero-order valence-electron chi connectivity index (χ0n) is 9.49. The fraction of sp³-hybridized carbons (Fsp3) is 1.00. The van der Waals surface area contributed by atoms with Crippen LogP contribution in [0.15, 0.2) is 0 Å². The van der Waals surface area contributed by atoms with Crippen LogP contribution in [0.3, 0.4) is 0 Å². The van der Waals surface area contributed by atoms with Gasteiger partial charge in [0, 0.05) is 18.1 Å². The van der Waals surface area contributed by atoms with Gasteiger partial charge in [0.25, 0.3) is 0 Å². The molecular formula is C12H24N2O. The third-order valence-corrected chi connectivity index (χ3v) is 3.88. The van der Waals surface area contributed by atoms with Crippen LogP contribution < -0.4 is 11.1 Å². The van der Waals surface area contributed by atoms with E-state index < -0.39 is 0 Å². The number of aliphatic hydroxyl groups excluding tert-OH is 1. The predicted molar refractivity (Wildman–Crippen MR) is 61.6 cm³/mol. The molecule has 3 heteroatoms. The Bertz CT molecular complexity index is 190. The third-order valence-electron chi connectivity index (χ3n) is 3.88. The Kier molecular flexibility index (Phi) is 4.00. The van der Waals surface area contributed by atoms with Crippen molar-refractivity contribution in [2.45, 2.75) is 75.6 Å². The van der Waals surface area contributed by atoms with Crippen molar-refractivity contribution in [2.24, 2.45) is 5.73 Å². The lowest BCUT2D eigenvalue weighted by Gasteiger charge is -2.34. The molecule has 2 saturated carbocycles. The minimum Gasteiger partial charge on any atom is -0.393 e. The SMILES string of the molecule is NC1CCCC(NC2CCC(O)CC2)C1. The molecule has 0 bridgehead atoms. The summed E-state index contributed by atoms with van der Waals surface area (Å²) in [5, 5.41) is 13.1. The van der Waals surface area contributed by atoms with Crippen molar-refractivity contribution in [2.75, 3.05) is 0 Å². The van der Waals surface area contributed by atoms with E-state index in [9.17, 15) is 5.11 Å². The highest BCUT2D eigenvalue weighted by Crippen LogP contribution is 2.22. The van der Waals surface area contributed by atoms with Crippen LogP contribution >= 0.6 is 0 Å². The van der Waals surface area contributed by atoms with Gasteiger partial charge in [-0.25, -0.2) is 0 Å². The molecule has 3 nitrogen and oxygen atoms in total. The van der Waals surface area contributed by atoms with E-state index in [0.717, 1.165) is 32.1 Å². The first-order chi connectivity index (χ1) is 7.24. The van der Waals surface area contributed by atoms with Gasteiger partial charge in [-0.05, 0) is 44.9 Å². The molecule has 4 N–H and O–H groups in total. The van der Waals surface area contributed by atoms with Crippen molar-refractivity contribution < 1.29 is 5.11 Å². The molecule has 2 fully saturated rings. The van der Waals surface area contributed by atoms with E-state index in [0.29, 0.717) is 18.1 Å². The van der Waals surface area contributed by atoms with Crippen LogP contribution in [0, 0.1) is 0 Å². The van der Waals surface area contributed by atoms with E-state index in [2.05, 4.69) is 5.32 Å². The summed E-state index contributed by atoms with van der Waals surface area (Å²) in [6, 6.07) is 1.67. The van der Waals surface area contributed by atoms with Crippen LogP contribution in [0.25, 0.3) is 0 Å². The smallest absolute Gasteiger partial charge is 0.0541 e. The molecule has 0 aromatic carbocycles. The molecule has 0 aromatic heterocycles. The molecule has 0 saturated heterocycles. The summed E-state index contributed by atoms with van der Waals surface area (Å²) in [6.45, 7) is 0. The average Bonchev–Trinajstić information content (AvgIpc) is 2.22. The maximum atomic E-state index is 9.43. The number of aliphatic hydroxyl groups is 1. The quantitative estimate of drug-likeness (QED) is 0.643. The average molecular weight is 212 g/mol. The molecule has 15 heavy (non-hydrogen) atoms. The summed E-state index contributed by atoms with van der Waals surface area (Å²) >= 11 is 0. The molecule has 2 unspecified atom stereocenters. The van der Waals surface area contributed by atoms with Crippen LogP contribution in [-0.4, -0.2) is 29.3 Å². The van der Waals surface area contributed by atoms with Crippen LogP contribution in [-0.2, 0) is 0 Å². The number of nitrogens with one attached hydrogen (secondary N) is 1. The lowest BCUT2D eigenvalue weighted by atomic mass is 9.88. The standard InChI is InChI=1S/C12H24N2O/c13-9-2-1-3-11(8-9)14-10-4-6-12(15)7-5-10/h9-12,14-15H,1-8,13H2. The zero-order chi connectivity index (χ0) is 10.7. The maximum absolute atomic E-state index is 9.43. The van der Waals surface area contributed by atoms with Crippen molar-refractivity contribution in [1.29, 1.82) is 0 Å². The van der Waals surface area contributed by atoms with Gasteiger partial charge in [-0.1, -0.05) is 6.42 Å². The molecule has 0 aromatic rings. The highest BCUT2D eigenvalue weighted by atomic mass is 16.3. The Labute approximate surface area is 92.4 Å². The van der Waals surface area contributed by atoms with E-state index >= 15 is 0 Å². The zero-order valence-corrected chi connectivity index (χ0v) is 9.49. The van der Waals surface area contributed by atoms with E-state index in [1.165, 1.54) is 19.3 Å². The molecule has 88 valence electrons. The minimum absolute atomic E-state index is 0.0448. The fourth-order valence-corrected chi connectivity index (χ4v) is 2.95. The molecule has 0 aliphatic heterocycles. The van der Waals surface area contributed by atoms with Gasteiger partial charge in [-0.3, -0.25) is 0 Å². The molecule has 2 aliphatic rings. The second kappa shape index (κ2) is 5.28. The van der Waals surface area contributed by atoms with Crippen molar-refractivity contribution in [1.82, 2.24) is 5.32 Å². The first-order valence-corrected chi connectivity index (χ1v) is 6.43. The number of hydrogen-bond donors (Lipinski definition) is 3. The van der Waals surface area contributed by atoms with Crippen LogP contribution in [0.4, 0.5) is 0 Å². The van der Waals surface area contributed by atoms with E-state index in [-0.39, 0.29) is 6.10 Å². The van der Waals surface area contributed by atoms with Gasteiger partial charge in [0.15, 0.2) is 0 Å². The van der Waals surface area contributed by atoms with Gasteiger partial charge in [0.1, 0.15) is 0 Å². The second-order valence-electron chi connectivity index (χ2n) is 5.30. The Hall–Kier alpha value is -0.120. The van der Waals surface area contributed by atoms with E-state index in [1.807, 2.05) is 0 Å². The largest absolute Gasteiger partial charge is 0.393 e. The van der Waals surface area contributed by atoms with Crippen molar-refractivity contribution in [3.63, 3.8) is 0 Å². The van der Waals surface area contributed by atoms with Gasteiger partial charge in [-0.2, -0.15) is 0 Å². The van der Waals surface area contributed by atoms with Crippen molar-refractivity contribution >= 4 is 0 Å². The predicted octanol–water partition coefficient (Wildman–Crippen LogP) is 1.15. The van der Waals surface area contributed by atoms with Gasteiger partial charge in [-0.15, -0.1) is 0 Å². The lowest BCUT2D eigenvalue weighted by Crippen LogP contribution is -2.45. The summed E-state index contributed by atoms with van der Waals surface area (Å²) in [6.07, 6.45) is 9.05. The Morgan fingerprint density at radius 1 is 0.933 bits per heavy atom. The molecule has 0 amide bonds. The first-order valence-electron chi connectivity index (χ1n) is 6.43. The number of rotatable bonds is 2. The minimum atomic E-state index is -0.0448. The third kappa shape index (κ3) is 3.44. The topological polar surface area (TPSA) is 58.3 Å². The highest BCUT2D eigenvalue weighted by molar-refractivity contribution is 4.85. The van der Waals surface area contributed by atoms with Crippen LogP contribution in [0.2, 0.25) is 0 Å². The number of hydrogen-bond acceptors (Lipinski definition) is 3. The Morgan fingerprint density at radius 2 is 1.67 bits per heavy atom. The van der Waals surface area contributed by atoms with Gasteiger partial charge in [0.05, 0.1) is 6.10 Å². The fourth-order valence-electron chi connectivity index (χ4n) is 2.95. The van der Waals surface area contributed by atoms with E-state index in [4.69, 9.17) is 5.73 Å². The van der Waals surface area contributed by atoms with E-state index in [1.54, 1.807) is 0 Å². The van der Waals surface area contributed by atoms with Crippen molar-refractivity contribution in [3.8, 4) is 0 Å². The normalized spacial score (nSPS) is 42.8. The molecule has 2 aliphatic carbocycles. The summed E-state index contributed by atoms with van der Waals surface area (Å²) < 4.78 is 0.